The molecule has 1 saturated heterocycles. The van der Waals surface area contributed by atoms with Crippen LogP contribution in [0.15, 0.2) is 24.3 Å². The normalized spacial score (nSPS) is 18.7. The van der Waals surface area contributed by atoms with E-state index in [1.165, 1.54) is 4.90 Å². The third-order valence-electron chi connectivity index (χ3n) is 3.53. The zero-order valence-electron chi connectivity index (χ0n) is 13.5. The first kappa shape index (κ1) is 17.4. The fourth-order valence-corrected chi connectivity index (χ4v) is 2.59. The minimum atomic E-state index is -0.993. The standard InChI is InChI=1S/C16H21ClN2O4/c1-16(2,3)23-15(22)19-9-8-18(14(20)21)10-13(19)11-4-6-12(17)7-5-11/h4-7,13H,8-10H2,1-3H3,(H,20,21)/t13-/m1/s1. The van der Waals surface area contributed by atoms with Crippen LogP contribution in [0, 0.1) is 0 Å². The van der Waals surface area contributed by atoms with Gasteiger partial charge in [0.25, 0.3) is 0 Å². The zero-order valence-corrected chi connectivity index (χ0v) is 14.2. The van der Waals surface area contributed by atoms with Crippen LogP contribution in [0.4, 0.5) is 9.59 Å². The number of benzene rings is 1. The lowest BCUT2D eigenvalue weighted by Gasteiger charge is -2.40. The molecule has 2 rings (SSSR count). The van der Waals surface area contributed by atoms with Crippen molar-refractivity contribution in [3.8, 4) is 0 Å². The Labute approximate surface area is 140 Å². The summed E-state index contributed by atoms with van der Waals surface area (Å²) in [6.07, 6.45) is -1.43. The summed E-state index contributed by atoms with van der Waals surface area (Å²) in [7, 11) is 0. The zero-order chi connectivity index (χ0) is 17.2. The first-order valence-corrected chi connectivity index (χ1v) is 7.78. The summed E-state index contributed by atoms with van der Waals surface area (Å²) in [4.78, 5) is 26.6. The van der Waals surface area contributed by atoms with Gasteiger partial charge in [-0.1, -0.05) is 23.7 Å². The quantitative estimate of drug-likeness (QED) is 0.847. The van der Waals surface area contributed by atoms with E-state index in [1.807, 2.05) is 0 Å². The number of nitrogens with zero attached hydrogens (tertiary/aromatic N) is 2. The summed E-state index contributed by atoms with van der Waals surface area (Å²) in [5, 5.41) is 9.82. The van der Waals surface area contributed by atoms with Crippen molar-refractivity contribution < 1.29 is 19.4 Å². The number of hydrogen-bond donors (Lipinski definition) is 1. The summed E-state index contributed by atoms with van der Waals surface area (Å²) in [6.45, 7) is 6.16. The topological polar surface area (TPSA) is 70.1 Å². The molecule has 0 aromatic heterocycles. The number of hydrogen-bond acceptors (Lipinski definition) is 3. The molecule has 1 aromatic carbocycles. The van der Waals surface area contributed by atoms with E-state index in [-0.39, 0.29) is 19.6 Å². The number of ether oxygens (including phenoxy) is 1. The van der Waals surface area contributed by atoms with E-state index in [1.54, 1.807) is 49.9 Å². The lowest BCUT2D eigenvalue weighted by atomic mass is 10.0. The lowest BCUT2D eigenvalue weighted by molar-refractivity contribution is -0.000591. The van der Waals surface area contributed by atoms with E-state index < -0.39 is 23.8 Å². The molecule has 0 aliphatic carbocycles. The molecule has 1 atom stereocenters. The maximum atomic E-state index is 12.5. The Morgan fingerprint density at radius 3 is 2.35 bits per heavy atom. The van der Waals surface area contributed by atoms with Crippen molar-refractivity contribution in [3.63, 3.8) is 0 Å². The van der Waals surface area contributed by atoms with E-state index in [0.717, 1.165) is 5.56 Å². The van der Waals surface area contributed by atoms with Crippen LogP contribution in [-0.2, 0) is 4.74 Å². The van der Waals surface area contributed by atoms with Crippen LogP contribution in [0.5, 0.6) is 0 Å². The smallest absolute Gasteiger partial charge is 0.410 e. The maximum absolute atomic E-state index is 12.5. The minimum Gasteiger partial charge on any atom is -0.465 e. The van der Waals surface area contributed by atoms with Gasteiger partial charge in [-0.05, 0) is 38.5 Å². The molecule has 2 amide bonds. The number of carbonyl (C=O) groups excluding carboxylic acids is 1. The SMILES string of the molecule is CC(C)(C)OC(=O)N1CCN(C(=O)O)C[C@@H]1c1ccc(Cl)cc1. The molecule has 7 heteroatoms. The number of carbonyl (C=O) groups is 2. The van der Waals surface area contributed by atoms with Crippen LogP contribution in [0.2, 0.25) is 5.02 Å². The Balaban J connectivity index is 2.26. The van der Waals surface area contributed by atoms with Gasteiger partial charge in [-0.3, -0.25) is 4.90 Å². The predicted octanol–water partition coefficient (Wildman–Crippen LogP) is 3.61. The van der Waals surface area contributed by atoms with Gasteiger partial charge in [0.2, 0.25) is 0 Å². The highest BCUT2D eigenvalue weighted by atomic mass is 35.5. The summed E-state index contributed by atoms with van der Waals surface area (Å²) >= 11 is 5.91. The fourth-order valence-electron chi connectivity index (χ4n) is 2.47. The first-order chi connectivity index (χ1) is 10.7. The lowest BCUT2D eigenvalue weighted by Crippen LogP contribution is -2.53. The van der Waals surface area contributed by atoms with Crippen molar-refractivity contribution in [2.45, 2.75) is 32.4 Å². The Bertz CT molecular complexity index is 583. The maximum Gasteiger partial charge on any atom is 0.410 e. The number of halogens is 1. The Hall–Kier alpha value is -1.95. The molecule has 23 heavy (non-hydrogen) atoms. The molecule has 6 nitrogen and oxygen atoms in total. The molecule has 1 heterocycles. The molecule has 1 aromatic rings. The third-order valence-corrected chi connectivity index (χ3v) is 3.79. The Morgan fingerprint density at radius 2 is 1.83 bits per heavy atom. The first-order valence-electron chi connectivity index (χ1n) is 7.40. The van der Waals surface area contributed by atoms with Gasteiger partial charge in [0.1, 0.15) is 5.60 Å². The molecular weight excluding hydrogens is 320 g/mol. The molecular formula is C16H21ClN2O4. The molecule has 1 fully saturated rings. The van der Waals surface area contributed by atoms with Gasteiger partial charge in [0.15, 0.2) is 0 Å². The second kappa shape index (κ2) is 6.66. The highest BCUT2D eigenvalue weighted by Gasteiger charge is 2.35. The second-order valence-corrected chi connectivity index (χ2v) is 6.91. The summed E-state index contributed by atoms with van der Waals surface area (Å²) in [5.41, 5.74) is 0.220. The van der Waals surface area contributed by atoms with Crippen LogP contribution in [0.3, 0.4) is 0 Å². The molecule has 0 spiro atoms. The summed E-state index contributed by atoms with van der Waals surface area (Å²) in [6, 6.07) is 6.66. The van der Waals surface area contributed by atoms with Crippen LogP contribution < -0.4 is 0 Å². The van der Waals surface area contributed by atoms with E-state index in [0.29, 0.717) is 5.02 Å². The predicted molar refractivity (Wildman–Crippen MR) is 86.7 cm³/mol. The number of amides is 2. The van der Waals surface area contributed by atoms with E-state index in [4.69, 9.17) is 16.3 Å². The largest absolute Gasteiger partial charge is 0.465 e. The van der Waals surface area contributed by atoms with Crippen molar-refractivity contribution in [3.05, 3.63) is 34.9 Å². The van der Waals surface area contributed by atoms with Crippen LogP contribution in [0.25, 0.3) is 0 Å². The average Bonchev–Trinajstić information content (AvgIpc) is 2.45. The monoisotopic (exact) mass is 340 g/mol. The molecule has 1 N–H and O–H groups in total. The van der Waals surface area contributed by atoms with Crippen LogP contribution in [0.1, 0.15) is 32.4 Å². The van der Waals surface area contributed by atoms with Crippen molar-refractivity contribution >= 4 is 23.8 Å². The number of carboxylic acid groups (broad SMARTS) is 1. The fraction of sp³-hybridized carbons (Fsp3) is 0.500. The third kappa shape index (κ3) is 4.51. The molecule has 1 aliphatic rings. The number of rotatable bonds is 1. The molecule has 0 bridgehead atoms. The van der Waals surface area contributed by atoms with Crippen molar-refractivity contribution in [1.82, 2.24) is 9.80 Å². The Morgan fingerprint density at radius 1 is 1.22 bits per heavy atom. The molecule has 0 radical (unpaired) electrons. The highest BCUT2D eigenvalue weighted by molar-refractivity contribution is 6.30. The van der Waals surface area contributed by atoms with Gasteiger partial charge < -0.3 is 14.7 Å². The van der Waals surface area contributed by atoms with Crippen molar-refractivity contribution in [2.24, 2.45) is 0 Å². The van der Waals surface area contributed by atoms with Gasteiger partial charge in [-0.15, -0.1) is 0 Å². The van der Waals surface area contributed by atoms with Gasteiger partial charge in [0.05, 0.1) is 6.04 Å². The van der Waals surface area contributed by atoms with Gasteiger partial charge in [-0.25, -0.2) is 9.59 Å². The van der Waals surface area contributed by atoms with E-state index in [2.05, 4.69) is 0 Å². The molecule has 0 saturated carbocycles. The number of piperazine rings is 1. The average molecular weight is 341 g/mol. The van der Waals surface area contributed by atoms with Gasteiger partial charge in [-0.2, -0.15) is 0 Å². The van der Waals surface area contributed by atoms with Crippen LogP contribution >= 0.6 is 11.6 Å². The summed E-state index contributed by atoms with van der Waals surface area (Å²) < 4.78 is 5.44. The molecule has 1 aliphatic heterocycles. The minimum absolute atomic E-state index is 0.205. The van der Waals surface area contributed by atoms with Crippen molar-refractivity contribution in [2.75, 3.05) is 19.6 Å². The molecule has 0 unspecified atom stereocenters. The molecule has 126 valence electrons. The second-order valence-electron chi connectivity index (χ2n) is 6.47. The summed E-state index contributed by atoms with van der Waals surface area (Å²) in [5.74, 6) is 0. The van der Waals surface area contributed by atoms with Crippen LogP contribution in [-0.4, -0.2) is 52.3 Å². The van der Waals surface area contributed by atoms with Gasteiger partial charge >= 0.3 is 12.2 Å². The van der Waals surface area contributed by atoms with Gasteiger partial charge in [0, 0.05) is 24.7 Å². The highest BCUT2D eigenvalue weighted by Crippen LogP contribution is 2.28. The van der Waals surface area contributed by atoms with E-state index >= 15 is 0 Å². The van der Waals surface area contributed by atoms with Crippen molar-refractivity contribution in [1.29, 1.82) is 0 Å². The Kier molecular flexibility index (Phi) is 5.04. The van der Waals surface area contributed by atoms with E-state index in [9.17, 15) is 14.7 Å².